The van der Waals surface area contributed by atoms with E-state index in [2.05, 4.69) is 115 Å². The van der Waals surface area contributed by atoms with Crippen molar-refractivity contribution in [1.29, 1.82) is 0 Å². The summed E-state index contributed by atoms with van der Waals surface area (Å²) in [5.74, 6) is 1.08. The number of benzene rings is 7. The zero-order valence-electron chi connectivity index (χ0n) is 25.1. The number of amidine groups is 2. The van der Waals surface area contributed by atoms with Gasteiger partial charge in [0.15, 0.2) is 11.7 Å². The average molecular weight is 592 g/mol. The molecule has 8 rings (SSSR count). The van der Waals surface area contributed by atoms with E-state index in [0.717, 1.165) is 55.1 Å². The van der Waals surface area contributed by atoms with Crippen LogP contribution in [0.25, 0.3) is 54.6 Å². The third-order valence-corrected chi connectivity index (χ3v) is 8.46. The molecule has 0 aliphatic heterocycles. The molecule has 0 spiro atoms. The molecule has 8 aromatic rings. The summed E-state index contributed by atoms with van der Waals surface area (Å²) < 4.78 is 6.31. The van der Waals surface area contributed by atoms with Gasteiger partial charge in [0.2, 0.25) is 0 Å². The SMILES string of the molecule is C=N/C(=N\C(=N/Cc1ccccc1)c1ccc2c(ccc3ccccc32)c1)c1cccc2oc3ccc(-c4ccccc4)cc3c12. The molecule has 4 heteroatoms. The van der Waals surface area contributed by atoms with Gasteiger partial charge in [-0.15, -0.1) is 0 Å². The van der Waals surface area contributed by atoms with E-state index in [9.17, 15) is 0 Å². The van der Waals surface area contributed by atoms with Gasteiger partial charge >= 0.3 is 0 Å². The third kappa shape index (κ3) is 5.06. The molecular weight excluding hydrogens is 562 g/mol. The zero-order chi connectivity index (χ0) is 30.9. The summed E-state index contributed by atoms with van der Waals surface area (Å²) in [6.45, 7) is 4.44. The number of fused-ring (bicyclic) bond motifs is 6. The Balaban J connectivity index is 1.30. The van der Waals surface area contributed by atoms with Gasteiger partial charge in [-0.05, 0) is 69.2 Å². The van der Waals surface area contributed by atoms with Crippen LogP contribution in [-0.4, -0.2) is 18.4 Å². The van der Waals surface area contributed by atoms with Gasteiger partial charge in [0.25, 0.3) is 0 Å². The topological polar surface area (TPSA) is 50.2 Å². The second-order valence-corrected chi connectivity index (χ2v) is 11.3. The highest BCUT2D eigenvalue weighted by molar-refractivity contribution is 6.22. The van der Waals surface area contributed by atoms with Crippen molar-refractivity contribution in [2.75, 3.05) is 0 Å². The molecular formula is C42H29N3O. The van der Waals surface area contributed by atoms with Crippen LogP contribution in [-0.2, 0) is 6.54 Å². The molecule has 0 saturated carbocycles. The van der Waals surface area contributed by atoms with Gasteiger partial charge in [-0.2, -0.15) is 0 Å². The van der Waals surface area contributed by atoms with Crippen LogP contribution in [0, 0.1) is 0 Å². The Morgan fingerprint density at radius 3 is 2.15 bits per heavy atom. The second kappa shape index (κ2) is 11.8. The van der Waals surface area contributed by atoms with E-state index in [1.54, 1.807) is 0 Å². The van der Waals surface area contributed by atoms with E-state index in [1.165, 1.54) is 16.2 Å². The standard InChI is InChI=1S/C42H29N3O/c1-43-42(36-17-10-18-39-40(36)37-26-31(22-24-38(37)46-39)29-13-6-3-7-14-29)45-41(44-27-28-11-4-2-5-12-28)33-21-23-35-32(25-33)20-19-30-15-8-9-16-34(30)35/h2-26H,1,27H2/b44-41-,45-42-. The lowest BCUT2D eigenvalue weighted by Gasteiger charge is -2.09. The minimum absolute atomic E-state index is 0.485. The maximum absolute atomic E-state index is 6.31. The molecule has 0 saturated heterocycles. The Morgan fingerprint density at radius 2 is 1.30 bits per heavy atom. The first kappa shape index (κ1) is 27.4. The van der Waals surface area contributed by atoms with E-state index >= 15 is 0 Å². The number of rotatable bonds is 5. The summed E-state index contributed by atoms with van der Waals surface area (Å²) in [4.78, 5) is 14.7. The number of nitrogens with zero attached hydrogens (tertiary/aromatic N) is 3. The van der Waals surface area contributed by atoms with E-state index in [-0.39, 0.29) is 0 Å². The number of hydrogen-bond donors (Lipinski definition) is 0. The molecule has 1 heterocycles. The summed E-state index contributed by atoms with van der Waals surface area (Å²) in [5.41, 5.74) is 6.70. The van der Waals surface area contributed by atoms with Crippen molar-refractivity contribution in [2.45, 2.75) is 6.54 Å². The Labute approximate surface area is 266 Å². The number of furan rings is 1. The Kier molecular flexibility index (Phi) is 7.01. The average Bonchev–Trinajstić information content (AvgIpc) is 3.51. The molecule has 0 radical (unpaired) electrons. The van der Waals surface area contributed by atoms with Gasteiger partial charge in [-0.25, -0.2) is 9.98 Å². The zero-order valence-corrected chi connectivity index (χ0v) is 25.1. The predicted octanol–water partition coefficient (Wildman–Crippen LogP) is 10.7. The highest BCUT2D eigenvalue weighted by atomic mass is 16.3. The van der Waals surface area contributed by atoms with Crippen LogP contribution < -0.4 is 0 Å². The van der Waals surface area contributed by atoms with Crippen molar-refractivity contribution in [2.24, 2.45) is 15.0 Å². The van der Waals surface area contributed by atoms with Crippen molar-refractivity contribution in [3.63, 3.8) is 0 Å². The van der Waals surface area contributed by atoms with E-state index < -0.39 is 0 Å². The van der Waals surface area contributed by atoms with Crippen molar-refractivity contribution in [1.82, 2.24) is 0 Å². The fraction of sp³-hybridized carbons (Fsp3) is 0.0238. The smallest absolute Gasteiger partial charge is 0.161 e. The van der Waals surface area contributed by atoms with Crippen LogP contribution in [0.4, 0.5) is 0 Å². The van der Waals surface area contributed by atoms with Crippen molar-refractivity contribution < 1.29 is 4.42 Å². The van der Waals surface area contributed by atoms with E-state index in [0.29, 0.717) is 18.2 Å². The molecule has 0 atom stereocenters. The van der Waals surface area contributed by atoms with Crippen LogP contribution in [0.1, 0.15) is 16.7 Å². The first-order valence-corrected chi connectivity index (χ1v) is 15.3. The fourth-order valence-electron chi connectivity index (χ4n) is 6.20. The lowest BCUT2D eigenvalue weighted by atomic mass is 9.99. The van der Waals surface area contributed by atoms with Crippen LogP contribution in [0.5, 0.6) is 0 Å². The monoisotopic (exact) mass is 591 g/mol. The molecule has 0 aliphatic rings. The molecule has 0 N–H and O–H groups in total. The summed E-state index contributed by atoms with van der Waals surface area (Å²) in [5, 5.41) is 6.72. The Morgan fingerprint density at radius 1 is 0.543 bits per heavy atom. The summed E-state index contributed by atoms with van der Waals surface area (Å²) in [7, 11) is 0. The number of aliphatic imine (C=N–C) groups is 3. The summed E-state index contributed by atoms with van der Waals surface area (Å²) in [6.07, 6.45) is 0. The van der Waals surface area contributed by atoms with Gasteiger partial charge in [-0.1, -0.05) is 127 Å². The molecule has 46 heavy (non-hydrogen) atoms. The predicted molar refractivity (Wildman–Crippen MR) is 193 cm³/mol. The maximum atomic E-state index is 6.31. The molecule has 0 aliphatic carbocycles. The van der Waals surface area contributed by atoms with Gasteiger partial charge in [-0.3, -0.25) is 4.99 Å². The van der Waals surface area contributed by atoms with Crippen molar-refractivity contribution >= 4 is 61.9 Å². The molecule has 0 amide bonds. The summed E-state index contributed by atoms with van der Waals surface area (Å²) in [6, 6.07) is 52.1. The van der Waals surface area contributed by atoms with Gasteiger partial charge < -0.3 is 4.42 Å². The van der Waals surface area contributed by atoms with Crippen LogP contribution in [0.15, 0.2) is 171 Å². The first-order valence-electron chi connectivity index (χ1n) is 15.3. The lowest BCUT2D eigenvalue weighted by molar-refractivity contribution is 0.669. The maximum Gasteiger partial charge on any atom is 0.161 e. The lowest BCUT2D eigenvalue weighted by Crippen LogP contribution is -2.06. The van der Waals surface area contributed by atoms with Crippen LogP contribution >= 0.6 is 0 Å². The normalized spacial score (nSPS) is 12.3. The molecule has 1 aromatic heterocycles. The molecule has 0 bridgehead atoms. The largest absolute Gasteiger partial charge is 0.456 e. The van der Waals surface area contributed by atoms with Crippen LogP contribution in [0.2, 0.25) is 0 Å². The van der Waals surface area contributed by atoms with Gasteiger partial charge in [0.05, 0.1) is 6.54 Å². The Bertz CT molecular complexity index is 2460. The molecule has 0 fully saturated rings. The number of hydrogen-bond acceptors (Lipinski definition) is 2. The summed E-state index contributed by atoms with van der Waals surface area (Å²) >= 11 is 0. The quantitative estimate of drug-likeness (QED) is 0.112. The van der Waals surface area contributed by atoms with Gasteiger partial charge in [0, 0.05) is 21.9 Å². The minimum Gasteiger partial charge on any atom is -0.456 e. The second-order valence-electron chi connectivity index (χ2n) is 11.3. The molecule has 0 unspecified atom stereocenters. The van der Waals surface area contributed by atoms with E-state index in [1.807, 2.05) is 48.5 Å². The van der Waals surface area contributed by atoms with Crippen molar-refractivity contribution in [3.8, 4) is 11.1 Å². The highest BCUT2D eigenvalue weighted by Gasteiger charge is 2.17. The molecule has 7 aromatic carbocycles. The minimum atomic E-state index is 0.485. The first-order chi connectivity index (χ1) is 22.7. The van der Waals surface area contributed by atoms with Crippen LogP contribution in [0.3, 0.4) is 0 Å². The third-order valence-electron chi connectivity index (χ3n) is 8.46. The van der Waals surface area contributed by atoms with E-state index in [4.69, 9.17) is 14.4 Å². The van der Waals surface area contributed by atoms with Crippen molar-refractivity contribution in [3.05, 3.63) is 168 Å². The molecule has 218 valence electrons. The Hall–Kier alpha value is -6.13. The molecule has 4 nitrogen and oxygen atoms in total. The highest BCUT2D eigenvalue weighted by Crippen LogP contribution is 2.35. The fourth-order valence-corrected chi connectivity index (χ4v) is 6.20. The van der Waals surface area contributed by atoms with Gasteiger partial charge in [0.1, 0.15) is 11.2 Å².